The third kappa shape index (κ3) is 3.57. The third-order valence-electron chi connectivity index (χ3n) is 3.29. The van der Waals surface area contributed by atoms with Crippen LogP contribution >= 0.6 is 55.1 Å². The van der Waals surface area contributed by atoms with Crippen LogP contribution in [0.2, 0.25) is 10.0 Å². The molecule has 0 nitrogen and oxygen atoms in total. The second-order valence-corrected chi connectivity index (χ2v) is 7.48. The summed E-state index contributed by atoms with van der Waals surface area (Å²) < 4.78 is 2.00. The zero-order valence-electron chi connectivity index (χ0n) is 11.3. The van der Waals surface area contributed by atoms with Crippen molar-refractivity contribution in [3.63, 3.8) is 0 Å². The maximum absolute atomic E-state index is 6.23. The highest BCUT2D eigenvalue weighted by atomic mass is 79.9. The molecule has 0 unspecified atom stereocenters. The van der Waals surface area contributed by atoms with Crippen LogP contribution in [0.15, 0.2) is 57.5 Å². The molecule has 0 fully saturated rings. The molecule has 0 aromatic heterocycles. The van der Waals surface area contributed by atoms with Gasteiger partial charge in [-0.25, -0.2) is 0 Å². The smallest absolute Gasteiger partial charge is 0.0485 e. The summed E-state index contributed by atoms with van der Waals surface area (Å²) in [4.78, 5) is 0. The minimum absolute atomic E-state index is 0.710. The fourth-order valence-electron chi connectivity index (χ4n) is 2.26. The Bertz CT molecular complexity index is 865. The van der Waals surface area contributed by atoms with Gasteiger partial charge in [0.15, 0.2) is 0 Å². The van der Waals surface area contributed by atoms with Crippen LogP contribution in [0.4, 0.5) is 0 Å². The number of rotatable bonds is 2. The first-order valence-electron chi connectivity index (χ1n) is 6.55. The van der Waals surface area contributed by atoms with Crippen LogP contribution in [-0.4, -0.2) is 0 Å². The van der Waals surface area contributed by atoms with Gasteiger partial charge in [0.1, 0.15) is 0 Å². The van der Waals surface area contributed by atoms with E-state index in [9.17, 15) is 0 Å². The molecule has 0 bridgehead atoms. The molecule has 0 spiro atoms. The lowest BCUT2D eigenvalue weighted by atomic mass is 10.1. The lowest BCUT2D eigenvalue weighted by Crippen LogP contribution is -1.79. The van der Waals surface area contributed by atoms with E-state index in [0.717, 1.165) is 35.9 Å². The fourth-order valence-corrected chi connectivity index (χ4v) is 3.84. The number of halogens is 4. The van der Waals surface area contributed by atoms with Crippen LogP contribution in [0, 0.1) is 0 Å². The van der Waals surface area contributed by atoms with Gasteiger partial charge in [-0.3, -0.25) is 0 Å². The van der Waals surface area contributed by atoms with Gasteiger partial charge in [0.2, 0.25) is 0 Å². The lowest BCUT2D eigenvalue weighted by Gasteiger charge is -2.04. The van der Waals surface area contributed by atoms with E-state index in [4.69, 9.17) is 23.2 Å². The van der Waals surface area contributed by atoms with Crippen molar-refractivity contribution in [2.24, 2.45) is 0 Å². The van der Waals surface area contributed by atoms with Gasteiger partial charge in [0, 0.05) is 24.4 Å². The molecule has 0 atom stereocenters. The van der Waals surface area contributed by atoms with Crippen molar-refractivity contribution in [1.82, 2.24) is 0 Å². The molecule has 0 saturated carbocycles. The van der Waals surface area contributed by atoms with Crippen LogP contribution in [0.5, 0.6) is 0 Å². The number of benzene rings is 3. The maximum atomic E-state index is 6.23. The summed E-state index contributed by atoms with van der Waals surface area (Å²) in [6.07, 6.45) is 4.10. The van der Waals surface area contributed by atoms with Gasteiger partial charge in [-0.1, -0.05) is 79.3 Å². The zero-order chi connectivity index (χ0) is 15.7. The molecule has 0 aliphatic heterocycles. The van der Waals surface area contributed by atoms with Gasteiger partial charge in [-0.2, -0.15) is 0 Å². The Labute approximate surface area is 156 Å². The van der Waals surface area contributed by atoms with Crippen LogP contribution in [0.25, 0.3) is 22.9 Å². The Kier molecular flexibility index (Phi) is 4.94. The van der Waals surface area contributed by atoms with E-state index in [2.05, 4.69) is 50.1 Å². The molecule has 3 aromatic carbocycles. The van der Waals surface area contributed by atoms with Crippen molar-refractivity contribution < 1.29 is 0 Å². The number of fused-ring (bicyclic) bond motifs is 1. The van der Waals surface area contributed by atoms with Crippen molar-refractivity contribution in [2.75, 3.05) is 0 Å². The summed E-state index contributed by atoms with van der Waals surface area (Å²) >= 11 is 19.3. The standard InChI is InChI=1S/C18H10Br2Cl2/c19-13-7-12(8-14(21)10-13)2-1-11-3-4-15-16(9-11)17(20)5-6-18(15)22/h1-10H. The van der Waals surface area contributed by atoms with E-state index in [0.29, 0.717) is 5.02 Å². The molecule has 3 aromatic rings. The average molecular weight is 457 g/mol. The fraction of sp³-hybridized carbons (Fsp3) is 0. The molecule has 0 heterocycles. The second kappa shape index (κ2) is 6.76. The van der Waals surface area contributed by atoms with Crippen LogP contribution in [0.1, 0.15) is 11.1 Å². The van der Waals surface area contributed by atoms with E-state index in [1.54, 1.807) is 0 Å². The van der Waals surface area contributed by atoms with Crippen LogP contribution in [0.3, 0.4) is 0 Å². The Balaban J connectivity index is 2.00. The molecule has 22 heavy (non-hydrogen) atoms. The summed E-state index contributed by atoms with van der Waals surface area (Å²) in [7, 11) is 0. The molecule has 0 N–H and O–H groups in total. The van der Waals surface area contributed by atoms with Gasteiger partial charge in [-0.15, -0.1) is 0 Å². The summed E-state index contributed by atoms with van der Waals surface area (Å²) in [5, 5.41) is 3.61. The van der Waals surface area contributed by atoms with Crippen molar-refractivity contribution in [3.8, 4) is 0 Å². The summed E-state index contributed by atoms with van der Waals surface area (Å²) in [6.45, 7) is 0. The van der Waals surface area contributed by atoms with E-state index < -0.39 is 0 Å². The highest BCUT2D eigenvalue weighted by Crippen LogP contribution is 2.31. The predicted octanol–water partition coefficient (Wildman–Crippen LogP) is 7.84. The summed E-state index contributed by atoms with van der Waals surface area (Å²) in [5.74, 6) is 0. The lowest BCUT2D eigenvalue weighted by molar-refractivity contribution is 1.61. The molecule has 0 saturated heterocycles. The van der Waals surface area contributed by atoms with Gasteiger partial charge in [0.25, 0.3) is 0 Å². The first-order valence-corrected chi connectivity index (χ1v) is 8.89. The van der Waals surface area contributed by atoms with Gasteiger partial charge < -0.3 is 0 Å². The topological polar surface area (TPSA) is 0 Å². The quantitative estimate of drug-likeness (QED) is 0.344. The monoisotopic (exact) mass is 454 g/mol. The minimum atomic E-state index is 0.710. The SMILES string of the molecule is Clc1cc(Br)cc(C=Cc2ccc3c(Cl)ccc(Br)c3c2)c1. The van der Waals surface area contributed by atoms with Crippen LogP contribution < -0.4 is 0 Å². The molecule has 110 valence electrons. The first kappa shape index (κ1) is 16.1. The van der Waals surface area contributed by atoms with Gasteiger partial charge in [0.05, 0.1) is 0 Å². The Morgan fingerprint density at radius 2 is 1.50 bits per heavy atom. The summed E-state index contributed by atoms with van der Waals surface area (Å²) in [6, 6.07) is 15.9. The van der Waals surface area contributed by atoms with Crippen LogP contribution in [-0.2, 0) is 0 Å². The number of hydrogen-bond acceptors (Lipinski definition) is 0. The molecule has 4 heteroatoms. The minimum Gasteiger partial charge on any atom is -0.0843 e. The van der Waals surface area contributed by atoms with Crippen molar-refractivity contribution in [1.29, 1.82) is 0 Å². The van der Waals surface area contributed by atoms with E-state index in [-0.39, 0.29) is 0 Å². The van der Waals surface area contributed by atoms with E-state index >= 15 is 0 Å². The third-order valence-corrected chi connectivity index (χ3v) is 4.98. The Hall–Kier alpha value is -0.800. The van der Waals surface area contributed by atoms with Crippen molar-refractivity contribution >= 4 is 78.0 Å². The highest BCUT2D eigenvalue weighted by molar-refractivity contribution is 9.11. The van der Waals surface area contributed by atoms with Gasteiger partial charge >= 0.3 is 0 Å². The molecule has 0 aliphatic carbocycles. The average Bonchev–Trinajstić information content (AvgIpc) is 2.48. The Morgan fingerprint density at radius 3 is 2.27 bits per heavy atom. The molecule has 0 amide bonds. The molecule has 0 radical (unpaired) electrons. The Morgan fingerprint density at radius 1 is 0.727 bits per heavy atom. The highest BCUT2D eigenvalue weighted by Gasteiger charge is 2.03. The maximum Gasteiger partial charge on any atom is 0.0485 e. The normalized spacial score (nSPS) is 11.5. The first-order chi connectivity index (χ1) is 10.5. The van der Waals surface area contributed by atoms with E-state index in [1.165, 1.54) is 0 Å². The number of hydrogen-bond donors (Lipinski definition) is 0. The molecular formula is C18H10Br2Cl2. The zero-order valence-corrected chi connectivity index (χ0v) is 16.0. The summed E-state index contributed by atoms with van der Waals surface area (Å²) in [5.41, 5.74) is 2.15. The van der Waals surface area contributed by atoms with Gasteiger partial charge in [-0.05, 0) is 52.9 Å². The van der Waals surface area contributed by atoms with Crippen molar-refractivity contribution in [2.45, 2.75) is 0 Å². The largest absolute Gasteiger partial charge is 0.0843 e. The van der Waals surface area contributed by atoms with E-state index in [1.807, 2.05) is 42.5 Å². The second-order valence-electron chi connectivity index (χ2n) is 4.87. The molecule has 3 rings (SSSR count). The van der Waals surface area contributed by atoms with Crippen molar-refractivity contribution in [3.05, 3.63) is 78.6 Å². The predicted molar refractivity (Wildman–Crippen MR) is 105 cm³/mol. The molecular weight excluding hydrogens is 447 g/mol. The molecule has 0 aliphatic rings.